The van der Waals surface area contributed by atoms with Crippen molar-refractivity contribution in [2.75, 3.05) is 12.4 Å². The molecule has 0 aliphatic rings. The van der Waals surface area contributed by atoms with E-state index in [1.54, 1.807) is 30.3 Å². The van der Waals surface area contributed by atoms with Gasteiger partial charge in [0.2, 0.25) is 11.8 Å². The molecule has 6 nitrogen and oxygen atoms in total. The summed E-state index contributed by atoms with van der Waals surface area (Å²) >= 11 is 6.27. The van der Waals surface area contributed by atoms with Gasteiger partial charge >= 0.3 is 5.97 Å². The van der Waals surface area contributed by atoms with Crippen molar-refractivity contribution in [1.82, 2.24) is 10.2 Å². The monoisotopic (exact) mass is 419 g/mol. The van der Waals surface area contributed by atoms with Gasteiger partial charge in [0.1, 0.15) is 6.04 Å². The first kappa shape index (κ1) is 19.7. The van der Waals surface area contributed by atoms with E-state index in [-0.39, 0.29) is 12.0 Å². The molecule has 0 aliphatic heterocycles. The third-order valence-corrected chi connectivity index (χ3v) is 4.87. The molecule has 1 N–H and O–H groups in total. The van der Waals surface area contributed by atoms with Crippen molar-refractivity contribution in [2.24, 2.45) is 0 Å². The van der Waals surface area contributed by atoms with Crippen molar-refractivity contribution in [3.63, 3.8) is 0 Å². The van der Waals surface area contributed by atoms with Gasteiger partial charge in [-0.05, 0) is 42.0 Å². The fraction of sp³-hybridized carbons (Fsp3) is 0.0870. The predicted molar refractivity (Wildman–Crippen MR) is 114 cm³/mol. The van der Waals surface area contributed by atoms with Crippen LogP contribution in [0.4, 0.5) is 5.69 Å². The smallest absolute Gasteiger partial charge is 0.337 e. The Bertz CT molecular complexity index is 1140. The molecule has 0 amide bonds. The quantitative estimate of drug-likeness (QED) is 0.423. The van der Waals surface area contributed by atoms with Crippen LogP contribution >= 0.6 is 11.6 Å². The average Bonchev–Trinajstić information content (AvgIpc) is 3.28. The van der Waals surface area contributed by atoms with E-state index >= 15 is 0 Å². The molecule has 3 aromatic carbocycles. The highest BCUT2D eigenvalue weighted by molar-refractivity contribution is 6.33. The Balaban J connectivity index is 1.66. The van der Waals surface area contributed by atoms with Crippen LogP contribution in [0.3, 0.4) is 0 Å². The van der Waals surface area contributed by atoms with Crippen LogP contribution < -0.4 is 5.32 Å². The lowest BCUT2D eigenvalue weighted by molar-refractivity contribution is 0.0601. The number of esters is 1. The number of aromatic nitrogens is 2. The predicted octanol–water partition coefficient (Wildman–Crippen LogP) is 5.38. The van der Waals surface area contributed by atoms with Crippen molar-refractivity contribution in [1.29, 1.82) is 0 Å². The summed E-state index contributed by atoms with van der Waals surface area (Å²) in [5, 5.41) is 12.4. The lowest BCUT2D eigenvalue weighted by Gasteiger charge is -2.17. The van der Waals surface area contributed by atoms with E-state index in [1.165, 1.54) is 7.11 Å². The third-order valence-electron chi connectivity index (χ3n) is 4.54. The molecule has 150 valence electrons. The minimum absolute atomic E-state index is 0.347. The summed E-state index contributed by atoms with van der Waals surface area (Å²) in [5.41, 5.74) is 2.88. The molecular formula is C23H18ClN3O3. The molecule has 0 fully saturated rings. The molecular weight excluding hydrogens is 402 g/mol. The SMILES string of the molecule is COC(=O)c1ccc(NC(c2ccccc2)c2nnc(-c3ccccc3Cl)o2)cc1. The zero-order chi connectivity index (χ0) is 20.9. The zero-order valence-electron chi connectivity index (χ0n) is 16.1. The fourth-order valence-electron chi connectivity index (χ4n) is 3.01. The van der Waals surface area contributed by atoms with Crippen LogP contribution in [0.25, 0.3) is 11.5 Å². The highest BCUT2D eigenvalue weighted by Crippen LogP contribution is 2.31. The van der Waals surface area contributed by atoms with Crippen LogP contribution in [0.1, 0.15) is 27.9 Å². The Morgan fingerprint density at radius 3 is 2.37 bits per heavy atom. The number of carbonyl (C=O) groups is 1. The molecule has 1 aromatic heterocycles. The van der Waals surface area contributed by atoms with Crippen molar-refractivity contribution in [3.8, 4) is 11.5 Å². The molecule has 0 saturated carbocycles. The number of ether oxygens (including phenoxy) is 1. The van der Waals surface area contributed by atoms with Gasteiger partial charge in [-0.1, -0.05) is 54.1 Å². The Morgan fingerprint density at radius 1 is 0.967 bits per heavy atom. The van der Waals surface area contributed by atoms with Gasteiger partial charge in [-0.3, -0.25) is 0 Å². The lowest BCUT2D eigenvalue weighted by Crippen LogP contribution is -2.13. The molecule has 0 saturated heterocycles. The molecule has 4 rings (SSSR count). The molecule has 4 aromatic rings. The lowest BCUT2D eigenvalue weighted by atomic mass is 10.1. The maximum atomic E-state index is 11.7. The second-order valence-corrected chi connectivity index (χ2v) is 6.89. The number of methoxy groups -OCH3 is 1. The van der Waals surface area contributed by atoms with Gasteiger partial charge in [0, 0.05) is 5.69 Å². The average molecular weight is 420 g/mol. The van der Waals surface area contributed by atoms with Crippen molar-refractivity contribution < 1.29 is 13.9 Å². The summed E-state index contributed by atoms with van der Waals surface area (Å²) in [6, 6.07) is 23.7. The van der Waals surface area contributed by atoms with Gasteiger partial charge in [-0.25, -0.2) is 4.79 Å². The first-order chi connectivity index (χ1) is 14.7. The normalized spacial score (nSPS) is 11.7. The Hall–Kier alpha value is -3.64. The molecule has 1 atom stereocenters. The van der Waals surface area contributed by atoms with Crippen LogP contribution in [0.5, 0.6) is 0 Å². The van der Waals surface area contributed by atoms with Gasteiger partial charge in [-0.2, -0.15) is 0 Å². The molecule has 30 heavy (non-hydrogen) atoms. The topological polar surface area (TPSA) is 77.2 Å². The minimum Gasteiger partial charge on any atom is -0.465 e. The summed E-state index contributed by atoms with van der Waals surface area (Å²) in [5.74, 6) is 0.356. The van der Waals surface area contributed by atoms with Crippen molar-refractivity contribution in [2.45, 2.75) is 6.04 Å². The summed E-state index contributed by atoms with van der Waals surface area (Å²) in [6.07, 6.45) is 0. The molecule has 1 heterocycles. The Kier molecular flexibility index (Phi) is 5.77. The van der Waals surface area contributed by atoms with Crippen LogP contribution in [0.2, 0.25) is 5.02 Å². The number of halogens is 1. The van der Waals surface area contributed by atoms with Crippen LogP contribution in [0.15, 0.2) is 83.3 Å². The van der Waals surface area contributed by atoms with Gasteiger partial charge in [0.15, 0.2) is 0 Å². The number of benzene rings is 3. The number of anilines is 1. The first-order valence-electron chi connectivity index (χ1n) is 9.24. The first-order valence-corrected chi connectivity index (χ1v) is 9.61. The van der Waals surface area contributed by atoms with E-state index in [4.69, 9.17) is 20.8 Å². The summed E-state index contributed by atoms with van der Waals surface area (Å²) in [7, 11) is 1.35. The number of hydrogen-bond acceptors (Lipinski definition) is 6. The van der Waals surface area contributed by atoms with Crippen LogP contribution in [-0.2, 0) is 4.74 Å². The van der Waals surface area contributed by atoms with E-state index < -0.39 is 0 Å². The molecule has 0 radical (unpaired) electrons. The van der Waals surface area contributed by atoms with E-state index in [0.29, 0.717) is 27.9 Å². The molecule has 0 bridgehead atoms. The van der Waals surface area contributed by atoms with Gasteiger partial charge in [0.25, 0.3) is 0 Å². The number of carbonyl (C=O) groups excluding carboxylic acids is 1. The fourth-order valence-corrected chi connectivity index (χ4v) is 3.23. The van der Waals surface area contributed by atoms with Crippen LogP contribution in [-0.4, -0.2) is 23.3 Å². The summed E-state index contributed by atoms with van der Waals surface area (Å²) in [4.78, 5) is 11.7. The maximum absolute atomic E-state index is 11.7. The number of nitrogens with one attached hydrogen (secondary N) is 1. The van der Waals surface area contributed by atoms with Gasteiger partial charge in [0.05, 0.1) is 23.3 Å². The molecule has 1 unspecified atom stereocenters. The Morgan fingerprint density at radius 2 is 1.67 bits per heavy atom. The number of rotatable bonds is 6. The zero-order valence-corrected chi connectivity index (χ0v) is 16.8. The third kappa shape index (κ3) is 4.18. The van der Waals surface area contributed by atoms with Crippen LogP contribution in [0, 0.1) is 0 Å². The molecule has 0 aliphatic carbocycles. The Labute approximate surface area is 178 Å². The van der Waals surface area contributed by atoms with E-state index in [1.807, 2.05) is 48.5 Å². The molecule has 7 heteroatoms. The van der Waals surface area contributed by atoms with E-state index in [0.717, 1.165) is 11.3 Å². The minimum atomic E-state index is -0.390. The highest BCUT2D eigenvalue weighted by Gasteiger charge is 2.22. The number of hydrogen-bond donors (Lipinski definition) is 1. The summed E-state index contributed by atoms with van der Waals surface area (Å²) in [6.45, 7) is 0. The van der Waals surface area contributed by atoms with E-state index in [9.17, 15) is 4.79 Å². The van der Waals surface area contributed by atoms with Gasteiger partial charge in [-0.15, -0.1) is 10.2 Å². The highest BCUT2D eigenvalue weighted by atomic mass is 35.5. The van der Waals surface area contributed by atoms with E-state index in [2.05, 4.69) is 15.5 Å². The van der Waals surface area contributed by atoms with Crippen molar-refractivity contribution in [3.05, 3.63) is 101 Å². The van der Waals surface area contributed by atoms with Gasteiger partial charge < -0.3 is 14.5 Å². The molecule has 0 spiro atoms. The maximum Gasteiger partial charge on any atom is 0.337 e. The largest absolute Gasteiger partial charge is 0.465 e. The standard InChI is InChI=1S/C23H18ClN3O3/c1-29-23(28)16-11-13-17(14-12-16)25-20(15-7-3-2-4-8-15)22-27-26-21(30-22)18-9-5-6-10-19(18)24/h2-14,20,25H,1H3. The second kappa shape index (κ2) is 8.80. The summed E-state index contributed by atoms with van der Waals surface area (Å²) < 4.78 is 10.7. The second-order valence-electron chi connectivity index (χ2n) is 6.48. The van der Waals surface area contributed by atoms with Crippen molar-refractivity contribution >= 4 is 23.3 Å². The number of nitrogens with zero attached hydrogens (tertiary/aromatic N) is 2.